The third-order valence-electron chi connectivity index (χ3n) is 3.79. The molecular formula is C18H14BrN3O3S. The van der Waals surface area contributed by atoms with Crippen molar-refractivity contribution in [3.05, 3.63) is 52.5 Å². The molecule has 0 saturated heterocycles. The Morgan fingerprint density at radius 2 is 1.96 bits per heavy atom. The Labute approximate surface area is 162 Å². The van der Waals surface area contributed by atoms with Gasteiger partial charge in [-0.1, -0.05) is 45.9 Å². The van der Waals surface area contributed by atoms with Crippen molar-refractivity contribution in [1.82, 2.24) is 15.2 Å². The van der Waals surface area contributed by atoms with Crippen LogP contribution in [-0.2, 0) is 0 Å². The molecule has 0 saturated carbocycles. The van der Waals surface area contributed by atoms with Gasteiger partial charge in [-0.2, -0.15) is 0 Å². The number of halogens is 1. The molecule has 0 unspecified atom stereocenters. The van der Waals surface area contributed by atoms with Crippen LogP contribution in [0.3, 0.4) is 0 Å². The fraction of sp³-hybridized carbons (Fsp3) is 0.167. The summed E-state index contributed by atoms with van der Waals surface area (Å²) in [6, 6.07) is 13.0. The molecule has 0 spiro atoms. The van der Waals surface area contributed by atoms with Crippen molar-refractivity contribution in [2.24, 2.45) is 0 Å². The molecule has 0 fully saturated rings. The lowest BCUT2D eigenvalue weighted by molar-refractivity contribution is 0.102. The summed E-state index contributed by atoms with van der Waals surface area (Å²) in [7, 11) is 0. The highest BCUT2D eigenvalue weighted by Gasteiger charge is 2.16. The average Bonchev–Trinajstić information content (AvgIpc) is 3.15. The predicted octanol–water partition coefficient (Wildman–Crippen LogP) is 3.98. The molecule has 8 heteroatoms. The topological polar surface area (TPSA) is 77.1 Å². The van der Waals surface area contributed by atoms with E-state index in [1.54, 1.807) is 18.2 Å². The maximum atomic E-state index is 12.4. The minimum absolute atomic E-state index is 0.0146. The molecule has 3 aromatic rings. The Morgan fingerprint density at radius 3 is 2.81 bits per heavy atom. The molecule has 4 rings (SSSR count). The Morgan fingerprint density at radius 1 is 1.15 bits per heavy atom. The van der Waals surface area contributed by atoms with E-state index in [4.69, 9.17) is 9.47 Å². The molecule has 2 aromatic carbocycles. The Kier molecular flexibility index (Phi) is 4.94. The number of ether oxygens (including phenoxy) is 2. The highest BCUT2D eigenvalue weighted by Crippen LogP contribution is 2.31. The van der Waals surface area contributed by atoms with Crippen LogP contribution in [0.15, 0.2) is 52.1 Å². The van der Waals surface area contributed by atoms with E-state index >= 15 is 0 Å². The SMILES string of the molecule is O=C(CSc1n[nH]c(-c2ccccc2Br)n1)c1ccc2c(c1)OCCO2. The van der Waals surface area contributed by atoms with Crippen molar-refractivity contribution < 1.29 is 14.3 Å². The number of aromatic nitrogens is 3. The number of ketones is 1. The predicted molar refractivity (Wildman–Crippen MR) is 102 cm³/mol. The minimum Gasteiger partial charge on any atom is -0.486 e. The number of thioether (sulfide) groups is 1. The van der Waals surface area contributed by atoms with Crippen LogP contribution in [0.5, 0.6) is 11.5 Å². The molecule has 0 radical (unpaired) electrons. The third kappa shape index (κ3) is 3.61. The van der Waals surface area contributed by atoms with Gasteiger partial charge in [0.25, 0.3) is 0 Å². The van der Waals surface area contributed by atoms with E-state index in [1.165, 1.54) is 11.8 Å². The van der Waals surface area contributed by atoms with E-state index in [-0.39, 0.29) is 11.5 Å². The lowest BCUT2D eigenvalue weighted by Crippen LogP contribution is -2.16. The van der Waals surface area contributed by atoms with Crippen molar-refractivity contribution >= 4 is 33.5 Å². The highest BCUT2D eigenvalue weighted by atomic mass is 79.9. The number of rotatable bonds is 5. The molecule has 1 aliphatic heterocycles. The largest absolute Gasteiger partial charge is 0.486 e. The monoisotopic (exact) mass is 431 g/mol. The van der Waals surface area contributed by atoms with Crippen LogP contribution in [0.2, 0.25) is 0 Å². The highest BCUT2D eigenvalue weighted by molar-refractivity contribution is 9.10. The Hall–Kier alpha value is -2.32. The standard InChI is InChI=1S/C18H14BrN3O3S/c19-13-4-2-1-3-12(13)17-20-18(22-21-17)26-10-14(23)11-5-6-15-16(9-11)25-8-7-24-15/h1-6,9H,7-8,10H2,(H,20,21,22). The van der Waals surface area contributed by atoms with Crippen molar-refractivity contribution in [2.75, 3.05) is 19.0 Å². The molecule has 1 aromatic heterocycles. The van der Waals surface area contributed by atoms with Gasteiger partial charge in [0.2, 0.25) is 5.16 Å². The van der Waals surface area contributed by atoms with Gasteiger partial charge in [-0.15, -0.1) is 5.10 Å². The van der Waals surface area contributed by atoms with Crippen LogP contribution in [-0.4, -0.2) is 39.9 Å². The zero-order valence-corrected chi connectivity index (χ0v) is 16.0. The third-order valence-corrected chi connectivity index (χ3v) is 5.33. The van der Waals surface area contributed by atoms with Gasteiger partial charge in [0, 0.05) is 15.6 Å². The number of hydrogen-bond donors (Lipinski definition) is 1. The molecule has 0 bridgehead atoms. The normalized spacial score (nSPS) is 12.8. The number of carbonyl (C=O) groups is 1. The molecule has 26 heavy (non-hydrogen) atoms. The zero-order chi connectivity index (χ0) is 17.9. The van der Waals surface area contributed by atoms with E-state index in [0.29, 0.717) is 41.3 Å². The first-order valence-corrected chi connectivity index (χ1v) is 9.71. The van der Waals surface area contributed by atoms with Crippen LogP contribution in [0.25, 0.3) is 11.4 Å². The van der Waals surface area contributed by atoms with Gasteiger partial charge < -0.3 is 9.47 Å². The molecule has 1 aliphatic rings. The number of H-pyrrole nitrogens is 1. The summed E-state index contributed by atoms with van der Waals surface area (Å²) in [5.41, 5.74) is 1.51. The smallest absolute Gasteiger partial charge is 0.209 e. The van der Waals surface area contributed by atoms with Crippen molar-refractivity contribution in [2.45, 2.75) is 5.16 Å². The van der Waals surface area contributed by atoms with Gasteiger partial charge in [-0.25, -0.2) is 4.98 Å². The van der Waals surface area contributed by atoms with Crippen molar-refractivity contribution in [1.29, 1.82) is 0 Å². The van der Waals surface area contributed by atoms with E-state index in [9.17, 15) is 4.79 Å². The lowest BCUT2D eigenvalue weighted by Gasteiger charge is -2.18. The summed E-state index contributed by atoms with van der Waals surface area (Å²) in [6.45, 7) is 1.02. The van der Waals surface area contributed by atoms with Gasteiger partial charge in [0.15, 0.2) is 23.1 Å². The summed E-state index contributed by atoms with van der Waals surface area (Å²) in [6.07, 6.45) is 0. The molecular weight excluding hydrogens is 418 g/mol. The van der Waals surface area contributed by atoms with E-state index < -0.39 is 0 Å². The lowest BCUT2D eigenvalue weighted by atomic mass is 10.1. The molecule has 0 aliphatic carbocycles. The molecule has 6 nitrogen and oxygen atoms in total. The second-order valence-corrected chi connectivity index (χ2v) is 7.31. The van der Waals surface area contributed by atoms with Gasteiger partial charge in [-0.05, 0) is 24.3 Å². The quantitative estimate of drug-likeness (QED) is 0.486. The molecule has 132 valence electrons. The van der Waals surface area contributed by atoms with Gasteiger partial charge >= 0.3 is 0 Å². The fourth-order valence-electron chi connectivity index (χ4n) is 2.51. The van der Waals surface area contributed by atoms with Crippen LogP contribution in [0.1, 0.15) is 10.4 Å². The summed E-state index contributed by atoms with van der Waals surface area (Å²) < 4.78 is 11.9. The first kappa shape index (κ1) is 17.1. The first-order chi connectivity index (χ1) is 12.7. The van der Waals surface area contributed by atoms with Gasteiger partial charge in [-0.3, -0.25) is 9.89 Å². The summed E-state index contributed by atoms with van der Waals surface area (Å²) in [4.78, 5) is 16.9. The number of Topliss-reactive ketones (excluding diaryl/α,β-unsaturated/α-hetero) is 1. The van der Waals surface area contributed by atoms with Crippen molar-refractivity contribution in [3.63, 3.8) is 0 Å². The molecule has 0 amide bonds. The number of nitrogens with one attached hydrogen (secondary N) is 1. The second-order valence-electron chi connectivity index (χ2n) is 5.52. The Bertz CT molecular complexity index is 960. The summed E-state index contributed by atoms with van der Waals surface area (Å²) >= 11 is 4.79. The van der Waals surface area contributed by atoms with Crippen LogP contribution < -0.4 is 9.47 Å². The molecule has 0 atom stereocenters. The van der Waals surface area contributed by atoms with Crippen molar-refractivity contribution in [3.8, 4) is 22.9 Å². The molecule has 1 N–H and O–H groups in total. The maximum Gasteiger partial charge on any atom is 0.209 e. The molecule has 2 heterocycles. The number of fused-ring (bicyclic) bond motifs is 1. The number of aromatic amines is 1. The number of benzene rings is 2. The number of nitrogens with zero attached hydrogens (tertiary/aromatic N) is 2. The fourth-order valence-corrected chi connectivity index (χ4v) is 3.68. The van der Waals surface area contributed by atoms with Crippen LogP contribution in [0.4, 0.5) is 0 Å². The summed E-state index contributed by atoms with van der Waals surface area (Å²) in [5.74, 6) is 2.17. The maximum absolute atomic E-state index is 12.4. The van der Waals surface area contributed by atoms with Gasteiger partial charge in [0.1, 0.15) is 13.2 Å². The van der Waals surface area contributed by atoms with E-state index in [1.807, 2.05) is 24.3 Å². The number of carbonyl (C=O) groups excluding carboxylic acids is 1. The Balaban J connectivity index is 1.43. The van der Waals surface area contributed by atoms with E-state index in [2.05, 4.69) is 31.1 Å². The van der Waals surface area contributed by atoms with Crippen LogP contribution >= 0.6 is 27.7 Å². The zero-order valence-electron chi connectivity index (χ0n) is 13.6. The van der Waals surface area contributed by atoms with E-state index in [0.717, 1.165) is 10.0 Å². The minimum atomic E-state index is -0.0146. The number of hydrogen-bond acceptors (Lipinski definition) is 6. The van der Waals surface area contributed by atoms with Crippen LogP contribution in [0, 0.1) is 0 Å². The first-order valence-electron chi connectivity index (χ1n) is 7.93. The second kappa shape index (κ2) is 7.51. The average molecular weight is 432 g/mol. The summed E-state index contributed by atoms with van der Waals surface area (Å²) in [5, 5.41) is 7.62. The van der Waals surface area contributed by atoms with Gasteiger partial charge in [0.05, 0.1) is 5.75 Å².